The summed E-state index contributed by atoms with van der Waals surface area (Å²) in [4.78, 5) is 6.98. The number of hydrogen-bond donors (Lipinski definition) is 1. The van der Waals surface area contributed by atoms with Gasteiger partial charge in [0.1, 0.15) is 0 Å². The van der Waals surface area contributed by atoms with Crippen LogP contribution in [-0.2, 0) is 0 Å². The van der Waals surface area contributed by atoms with Gasteiger partial charge in [0.15, 0.2) is 0 Å². The Bertz CT molecular complexity index is 733. The minimum Gasteiger partial charge on any atom is -0.383 e. The van der Waals surface area contributed by atoms with Crippen LogP contribution in [0, 0.1) is 5.92 Å². The molecule has 0 radical (unpaired) electrons. The Morgan fingerprint density at radius 2 is 2.00 bits per heavy atom. The number of allylic oxidation sites excluding steroid dienone is 1. The molecular weight excluding hydrogens is 330 g/mol. The summed E-state index contributed by atoms with van der Waals surface area (Å²) in [7, 11) is 4.17. The highest BCUT2D eigenvalue weighted by atomic mass is 35.5. The van der Waals surface area contributed by atoms with Gasteiger partial charge < -0.3 is 10.2 Å². The van der Waals surface area contributed by atoms with Crippen molar-refractivity contribution in [3.05, 3.63) is 41.1 Å². The molecule has 0 bridgehead atoms. The summed E-state index contributed by atoms with van der Waals surface area (Å²) in [5.74, 6) is 0.710. The molecule has 1 aromatic carbocycles. The van der Waals surface area contributed by atoms with E-state index in [1.807, 2.05) is 18.2 Å². The van der Waals surface area contributed by atoms with E-state index < -0.39 is 0 Å². The van der Waals surface area contributed by atoms with Crippen LogP contribution in [0.2, 0.25) is 5.02 Å². The molecule has 4 heteroatoms. The quantitative estimate of drug-likeness (QED) is 0.744. The van der Waals surface area contributed by atoms with Gasteiger partial charge in [-0.05, 0) is 63.2 Å². The van der Waals surface area contributed by atoms with Crippen LogP contribution in [0.5, 0.6) is 0 Å². The molecule has 0 atom stereocenters. The van der Waals surface area contributed by atoms with Crippen molar-refractivity contribution in [1.29, 1.82) is 0 Å². The Kier molecular flexibility index (Phi) is 6.33. The van der Waals surface area contributed by atoms with Crippen LogP contribution in [-0.4, -0.2) is 37.1 Å². The molecule has 25 heavy (non-hydrogen) atoms. The van der Waals surface area contributed by atoms with Crippen molar-refractivity contribution < 1.29 is 0 Å². The molecule has 0 amide bonds. The standard InChI is InChI=1S/C21H28ClN3/c1-25(2)13-12-23-21-15-18(10-8-16-6-4-3-5-7-16)24-20-11-9-17(22)14-19(20)21/h8-11,14-16H,3-7,12-13H2,1-2H3,(H,23,24)/b10-8+. The van der Waals surface area contributed by atoms with Crippen LogP contribution in [0.4, 0.5) is 5.69 Å². The number of rotatable bonds is 6. The van der Waals surface area contributed by atoms with Crippen LogP contribution in [0.15, 0.2) is 30.3 Å². The lowest BCUT2D eigenvalue weighted by Crippen LogP contribution is -2.20. The third kappa shape index (κ3) is 5.20. The molecule has 0 aliphatic heterocycles. The summed E-state index contributed by atoms with van der Waals surface area (Å²) in [6.45, 7) is 1.88. The second kappa shape index (κ2) is 8.68. The molecule has 0 spiro atoms. The Morgan fingerprint density at radius 3 is 2.76 bits per heavy atom. The molecule has 1 aromatic heterocycles. The first-order valence-corrected chi connectivity index (χ1v) is 9.67. The summed E-state index contributed by atoms with van der Waals surface area (Å²) < 4.78 is 0. The van der Waals surface area contributed by atoms with Crippen molar-refractivity contribution in [3.8, 4) is 0 Å². The van der Waals surface area contributed by atoms with E-state index in [-0.39, 0.29) is 0 Å². The number of nitrogens with one attached hydrogen (secondary N) is 1. The maximum atomic E-state index is 6.20. The fourth-order valence-corrected chi connectivity index (χ4v) is 3.60. The fourth-order valence-electron chi connectivity index (χ4n) is 3.43. The number of hydrogen-bond acceptors (Lipinski definition) is 3. The number of nitrogens with zero attached hydrogens (tertiary/aromatic N) is 2. The van der Waals surface area contributed by atoms with Gasteiger partial charge in [0.05, 0.1) is 11.2 Å². The number of anilines is 1. The van der Waals surface area contributed by atoms with E-state index in [0.29, 0.717) is 5.92 Å². The normalized spacial score (nSPS) is 16.2. The molecule has 0 saturated heterocycles. The summed E-state index contributed by atoms with van der Waals surface area (Å²) in [6.07, 6.45) is 11.3. The Morgan fingerprint density at radius 1 is 1.20 bits per heavy atom. The first-order valence-electron chi connectivity index (χ1n) is 9.29. The average molecular weight is 358 g/mol. The van der Waals surface area contributed by atoms with E-state index in [1.165, 1.54) is 32.1 Å². The zero-order valence-corrected chi connectivity index (χ0v) is 16.0. The SMILES string of the molecule is CN(C)CCNc1cc(/C=C/C2CCCCC2)nc2ccc(Cl)cc12. The van der Waals surface area contributed by atoms with Gasteiger partial charge in [0, 0.05) is 29.2 Å². The first-order chi connectivity index (χ1) is 12.1. The van der Waals surface area contributed by atoms with Gasteiger partial charge in [-0.3, -0.25) is 0 Å². The second-order valence-electron chi connectivity index (χ2n) is 7.24. The van der Waals surface area contributed by atoms with Crippen molar-refractivity contribution in [2.75, 3.05) is 32.5 Å². The molecule has 0 unspecified atom stereocenters. The lowest BCUT2D eigenvalue weighted by atomic mass is 9.89. The van der Waals surface area contributed by atoms with Gasteiger partial charge in [-0.1, -0.05) is 36.9 Å². The minimum atomic E-state index is 0.710. The second-order valence-corrected chi connectivity index (χ2v) is 7.68. The number of aromatic nitrogens is 1. The maximum Gasteiger partial charge on any atom is 0.0731 e. The van der Waals surface area contributed by atoms with E-state index in [4.69, 9.17) is 16.6 Å². The Balaban J connectivity index is 1.85. The first kappa shape index (κ1) is 18.2. The summed E-state index contributed by atoms with van der Waals surface area (Å²) in [5, 5.41) is 5.38. The smallest absolute Gasteiger partial charge is 0.0731 e. The lowest BCUT2D eigenvalue weighted by molar-refractivity contribution is 0.420. The van der Waals surface area contributed by atoms with E-state index in [9.17, 15) is 0 Å². The summed E-state index contributed by atoms with van der Waals surface area (Å²) >= 11 is 6.20. The third-order valence-corrected chi connectivity index (χ3v) is 5.09. The van der Waals surface area contributed by atoms with Crippen molar-refractivity contribution in [2.45, 2.75) is 32.1 Å². The number of likely N-dealkylation sites (N-methyl/N-ethyl adjacent to an activating group) is 1. The minimum absolute atomic E-state index is 0.710. The third-order valence-electron chi connectivity index (χ3n) is 4.85. The zero-order valence-electron chi connectivity index (χ0n) is 15.3. The van der Waals surface area contributed by atoms with E-state index in [2.05, 4.69) is 42.5 Å². The zero-order chi connectivity index (χ0) is 17.6. The molecule has 1 saturated carbocycles. The highest BCUT2D eigenvalue weighted by Crippen LogP contribution is 2.28. The fraction of sp³-hybridized carbons (Fsp3) is 0.476. The van der Waals surface area contributed by atoms with Gasteiger partial charge in [-0.15, -0.1) is 0 Å². The monoisotopic (exact) mass is 357 g/mol. The van der Waals surface area contributed by atoms with Crippen molar-refractivity contribution in [1.82, 2.24) is 9.88 Å². The van der Waals surface area contributed by atoms with Crippen LogP contribution in [0.1, 0.15) is 37.8 Å². The van der Waals surface area contributed by atoms with Crippen LogP contribution in [0.3, 0.4) is 0 Å². The Hall–Kier alpha value is -1.58. The van der Waals surface area contributed by atoms with E-state index in [0.717, 1.165) is 40.4 Å². The molecular formula is C21H28ClN3. The average Bonchev–Trinajstić information content (AvgIpc) is 2.61. The molecule has 1 aliphatic carbocycles. The largest absolute Gasteiger partial charge is 0.383 e. The molecule has 1 heterocycles. The summed E-state index contributed by atoms with van der Waals surface area (Å²) in [5.41, 5.74) is 3.12. The Labute approximate surface area is 156 Å². The van der Waals surface area contributed by atoms with E-state index in [1.54, 1.807) is 0 Å². The molecule has 3 rings (SSSR count). The molecule has 1 N–H and O–H groups in total. The number of fused-ring (bicyclic) bond motifs is 1. The predicted octanol–water partition coefficient (Wildman–Crippen LogP) is 5.46. The molecule has 1 aliphatic rings. The lowest BCUT2D eigenvalue weighted by Gasteiger charge is -2.18. The highest BCUT2D eigenvalue weighted by molar-refractivity contribution is 6.31. The predicted molar refractivity (Wildman–Crippen MR) is 109 cm³/mol. The number of pyridine rings is 1. The summed E-state index contributed by atoms with van der Waals surface area (Å²) in [6, 6.07) is 8.06. The van der Waals surface area contributed by atoms with Crippen LogP contribution in [0.25, 0.3) is 17.0 Å². The number of halogens is 1. The van der Waals surface area contributed by atoms with E-state index >= 15 is 0 Å². The molecule has 1 fully saturated rings. The highest BCUT2D eigenvalue weighted by Gasteiger charge is 2.10. The van der Waals surface area contributed by atoms with Crippen molar-refractivity contribution in [3.63, 3.8) is 0 Å². The van der Waals surface area contributed by atoms with Gasteiger partial charge in [0.25, 0.3) is 0 Å². The van der Waals surface area contributed by atoms with Gasteiger partial charge >= 0.3 is 0 Å². The van der Waals surface area contributed by atoms with Gasteiger partial charge in [0.2, 0.25) is 0 Å². The maximum absolute atomic E-state index is 6.20. The number of benzene rings is 1. The van der Waals surface area contributed by atoms with Crippen molar-refractivity contribution >= 4 is 34.3 Å². The molecule has 134 valence electrons. The van der Waals surface area contributed by atoms with Crippen LogP contribution < -0.4 is 5.32 Å². The molecule has 2 aromatic rings. The van der Waals surface area contributed by atoms with Crippen LogP contribution >= 0.6 is 11.6 Å². The van der Waals surface area contributed by atoms with Crippen molar-refractivity contribution in [2.24, 2.45) is 5.92 Å². The molecule has 3 nitrogen and oxygen atoms in total. The van der Waals surface area contributed by atoms with Gasteiger partial charge in [-0.2, -0.15) is 0 Å². The van der Waals surface area contributed by atoms with Gasteiger partial charge in [-0.25, -0.2) is 4.98 Å². The topological polar surface area (TPSA) is 28.2 Å².